The monoisotopic (exact) mass is 885 g/mol. The summed E-state index contributed by atoms with van der Waals surface area (Å²) in [6, 6.07) is 53.0. The number of anilines is 3. The van der Waals surface area contributed by atoms with Gasteiger partial charge in [-0.2, -0.15) is 0 Å². The van der Waals surface area contributed by atoms with Crippen LogP contribution in [0.5, 0.6) is 0 Å². The van der Waals surface area contributed by atoms with Crippen LogP contribution in [0.1, 0.15) is 105 Å². The molecule has 0 amide bonds. The Labute approximate surface area is 401 Å². The standard InChI is InChI=1S/C63H60BN3O/c1-60(2,3)38-22-26-42(27-23-38)66-53-29-25-40(62(7,8)9)35-49(53)64-50-36-41(63(10,11)12)34-48-47-33-39(61(4,5)6)24-28-52(47)67(57(48)50)55-32-37(31-54(66)56(55)64)43-17-15-18-44-45-19-16-20-46(59(45)68-58(43)44)51-21-13-14-30-65-51/h13-36H,1-12H3. The van der Waals surface area contributed by atoms with E-state index in [1.54, 1.807) is 0 Å². The second kappa shape index (κ2) is 14.3. The fourth-order valence-corrected chi connectivity index (χ4v) is 11.2. The molecule has 0 bridgehead atoms. The van der Waals surface area contributed by atoms with Crippen LogP contribution in [-0.2, 0) is 21.7 Å². The number of hydrogen-bond donors (Lipinski definition) is 0. The molecule has 0 N–H and O–H groups in total. The minimum Gasteiger partial charge on any atom is -0.455 e. The van der Waals surface area contributed by atoms with Crippen molar-refractivity contribution in [2.75, 3.05) is 4.90 Å². The highest BCUT2D eigenvalue weighted by Crippen LogP contribution is 2.47. The highest BCUT2D eigenvalue weighted by molar-refractivity contribution is 7.00. The Morgan fingerprint density at radius 3 is 1.71 bits per heavy atom. The second-order valence-corrected chi connectivity index (χ2v) is 23.7. The van der Waals surface area contributed by atoms with E-state index in [-0.39, 0.29) is 28.4 Å². The van der Waals surface area contributed by atoms with E-state index in [1.807, 2.05) is 18.3 Å². The van der Waals surface area contributed by atoms with Crippen LogP contribution in [0.3, 0.4) is 0 Å². The summed E-state index contributed by atoms with van der Waals surface area (Å²) in [5.74, 6) is 0. The van der Waals surface area contributed by atoms with Crippen molar-refractivity contribution in [3.8, 4) is 28.1 Å². The average molecular weight is 886 g/mol. The van der Waals surface area contributed by atoms with Gasteiger partial charge in [0, 0.05) is 67.1 Å². The molecule has 0 spiro atoms. The molecule has 5 heteroatoms. The normalized spacial score (nSPS) is 13.8. The van der Waals surface area contributed by atoms with Crippen LogP contribution in [0.2, 0.25) is 0 Å². The summed E-state index contributed by atoms with van der Waals surface area (Å²) in [5, 5.41) is 4.81. The fraction of sp³-hybridized carbons (Fsp3) is 0.254. The van der Waals surface area contributed by atoms with Crippen molar-refractivity contribution in [3.63, 3.8) is 0 Å². The summed E-state index contributed by atoms with van der Waals surface area (Å²) in [5.41, 5.74) is 22.4. The van der Waals surface area contributed by atoms with Crippen LogP contribution in [0.25, 0.3) is 71.8 Å². The molecular formula is C63H60BN3O. The minimum absolute atomic E-state index is 0.00992. The van der Waals surface area contributed by atoms with Gasteiger partial charge in [0.05, 0.1) is 11.2 Å². The van der Waals surface area contributed by atoms with Gasteiger partial charge >= 0.3 is 0 Å². The molecule has 68 heavy (non-hydrogen) atoms. The average Bonchev–Trinajstić information content (AvgIpc) is 3.85. The lowest BCUT2D eigenvalue weighted by molar-refractivity contribution is 0.590. The number of benzene rings is 7. The lowest BCUT2D eigenvalue weighted by Gasteiger charge is -2.41. The van der Waals surface area contributed by atoms with E-state index < -0.39 is 0 Å². The number of nitrogens with zero attached hydrogens (tertiary/aromatic N) is 3. The molecule has 0 aliphatic carbocycles. The van der Waals surface area contributed by atoms with Crippen molar-refractivity contribution in [2.45, 2.75) is 105 Å². The predicted molar refractivity (Wildman–Crippen MR) is 291 cm³/mol. The first-order valence-corrected chi connectivity index (χ1v) is 24.5. The van der Waals surface area contributed by atoms with Gasteiger partial charge < -0.3 is 13.9 Å². The Hall–Kier alpha value is -6.85. The van der Waals surface area contributed by atoms with Crippen molar-refractivity contribution in [2.24, 2.45) is 0 Å². The molecule has 2 aliphatic rings. The van der Waals surface area contributed by atoms with Gasteiger partial charge in [0.25, 0.3) is 6.71 Å². The smallest absolute Gasteiger partial charge is 0.252 e. The predicted octanol–water partition coefficient (Wildman–Crippen LogP) is 15.2. The Balaban J connectivity index is 1.24. The van der Waals surface area contributed by atoms with Crippen molar-refractivity contribution in [1.82, 2.24) is 9.55 Å². The SMILES string of the molecule is CC(C)(C)c1ccc(N2c3ccc(C(C)(C)C)cc3B3c4c2cc(-c2cccc5c2oc2c(-c6ccccn6)cccc25)cc4-n2c4ccc(C(C)(C)C)cc4c4cc(C(C)(C)C)cc3c42)cc1. The highest BCUT2D eigenvalue weighted by atomic mass is 16.3. The Kier molecular flexibility index (Phi) is 8.96. The fourth-order valence-electron chi connectivity index (χ4n) is 11.2. The van der Waals surface area contributed by atoms with E-state index in [9.17, 15) is 0 Å². The second-order valence-electron chi connectivity index (χ2n) is 23.7. The molecule has 5 heterocycles. The largest absolute Gasteiger partial charge is 0.455 e. The zero-order valence-electron chi connectivity index (χ0n) is 41.7. The van der Waals surface area contributed by atoms with Crippen LogP contribution in [0, 0.1) is 0 Å². The van der Waals surface area contributed by atoms with E-state index in [0.29, 0.717) is 0 Å². The Bertz CT molecular complexity index is 3710. The summed E-state index contributed by atoms with van der Waals surface area (Å²) >= 11 is 0. The maximum Gasteiger partial charge on any atom is 0.252 e. The molecule has 0 fully saturated rings. The van der Waals surface area contributed by atoms with E-state index in [1.165, 1.54) is 77.5 Å². The minimum atomic E-state index is -0.0684. The molecule has 10 aromatic rings. The maximum atomic E-state index is 7.13. The lowest BCUT2D eigenvalue weighted by Crippen LogP contribution is -2.60. The molecule has 7 aromatic carbocycles. The molecule has 0 saturated heterocycles. The van der Waals surface area contributed by atoms with Gasteiger partial charge in [-0.05, 0) is 133 Å². The van der Waals surface area contributed by atoms with Gasteiger partial charge in [0.15, 0.2) is 0 Å². The number of hydrogen-bond acceptors (Lipinski definition) is 3. The summed E-state index contributed by atoms with van der Waals surface area (Å²) in [6.07, 6.45) is 1.85. The van der Waals surface area contributed by atoms with E-state index >= 15 is 0 Å². The third-order valence-electron chi connectivity index (χ3n) is 15.1. The lowest BCUT2D eigenvalue weighted by atomic mass is 9.33. The van der Waals surface area contributed by atoms with Crippen LogP contribution in [-0.4, -0.2) is 16.3 Å². The van der Waals surface area contributed by atoms with Crippen LogP contribution in [0.15, 0.2) is 150 Å². The van der Waals surface area contributed by atoms with Gasteiger partial charge in [0.1, 0.15) is 11.2 Å². The molecule has 3 aromatic heterocycles. The van der Waals surface area contributed by atoms with Crippen molar-refractivity contribution < 1.29 is 4.42 Å². The zero-order chi connectivity index (χ0) is 47.4. The van der Waals surface area contributed by atoms with Crippen LogP contribution in [0.4, 0.5) is 17.1 Å². The van der Waals surface area contributed by atoms with Gasteiger partial charge in [0.2, 0.25) is 0 Å². The maximum absolute atomic E-state index is 7.13. The number of para-hydroxylation sites is 2. The number of pyridine rings is 1. The number of furan rings is 1. The van der Waals surface area contributed by atoms with Gasteiger partial charge in [-0.15, -0.1) is 0 Å². The summed E-state index contributed by atoms with van der Waals surface area (Å²) in [7, 11) is 0. The third kappa shape index (κ3) is 6.37. The molecular weight excluding hydrogens is 826 g/mol. The Morgan fingerprint density at radius 2 is 1.04 bits per heavy atom. The van der Waals surface area contributed by atoms with Crippen LogP contribution < -0.4 is 21.3 Å². The third-order valence-corrected chi connectivity index (χ3v) is 15.1. The van der Waals surface area contributed by atoms with E-state index in [4.69, 9.17) is 9.40 Å². The topological polar surface area (TPSA) is 34.2 Å². The van der Waals surface area contributed by atoms with Gasteiger partial charge in [-0.25, -0.2) is 0 Å². The summed E-state index contributed by atoms with van der Waals surface area (Å²) in [4.78, 5) is 7.31. The van der Waals surface area contributed by atoms with Gasteiger partial charge in [-0.3, -0.25) is 4.98 Å². The van der Waals surface area contributed by atoms with Crippen molar-refractivity contribution in [1.29, 1.82) is 0 Å². The molecule has 12 rings (SSSR count). The Morgan fingerprint density at radius 1 is 0.456 bits per heavy atom. The molecule has 2 aliphatic heterocycles. The zero-order valence-corrected chi connectivity index (χ0v) is 41.7. The molecule has 0 atom stereocenters. The molecule has 4 nitrogen and oxygen atoms in total. The van der Waals surface area contributed by atoms with E-state index in [2.05, 4.69) is 220 Å². The molecule has 0 unspecified atom stereocenters. The van der Waals surface area contributed by atoms with Crippen molar-refractivity contribution >= 4 is 83.9 Å². The first kappa shape index (κ1) is 42.5. The first-order chi connectivity index (χ1) is 32.3. The summed E-state index contributed by atoms with van der Waals surface area (Å²) < 4.78 is 9.75. The highest BCUT2D eigenvalue weighted by Gasteiger charge is 2.44. The number of fused-ring (bicyclic) bond motifs is 10. The molecule has 336 valence electrons. The van der Waals surface area contributed by atoms with Crippen molar-refractivity contribution in [3.05, 3.63) is 168 Å². The first-order valence-electron chi connectivity index (χ1n) is 24.5. The van der Waals surface area contributed by atoms with Gasteiger partial charge in [-0.1, -0.05) is 156 Å². The molecule has 0 saturated carbocycles. The number of aromatic nitrogens is 2. The van der Waals surface area contributed by atoms with Crippen LogP contribution >= 0.6 is 0 Å². The quantitative estimate of drug-likeness (QED) is 0.166. The molecule has 0 radical (unpaired) electrons. The summed E-state index contributed by atoms with van der Waals surface area (Å²) in [6.45, 7) is 28.0. The number of rotatable bonds is 3. The van der Waals surface area contributed by atoms with E-state index in [0.717, 1.165) is 50.0 Å².